The standard InChI is InChI=1S/C13H9Br2ClFN/c14-9-4-5-10(16)12(6-9)18-7-8-2-1-3-11(17)13(8)15/h1-6,18H,7H2. The van der Waals surface area contributed by atoms with E-state index in [1.54, 1.807) is 12.1 Å². The lowest BCUT2D eigenvalue weighted by atomic mass is 10.2. The molecule has 0 aliphatic carbocycles. The molecule has 0 radical (unpaired) electrons. The van der Waals surface area contributed by atoms with E-state index < -0.39 is 0 Å². The van der Waals surface area contributed by atoms with Crippen LogP contribution in [0, 0.1) is 5.82 Å². The van der Waals surface area contributed by atoms with Gasteiger partial charge in [0.05, 0.1) is 15.2 Å². The molecule has 18 heavy (non-hydrogen) atoms. The van der Waals surface area contributed by atoms with Crippen molar-refractivity contribution in [1.82, 2.24) is 0 Å². The molecule has 5 heteroatoms. The van der Waals surface area contributed by atoms with Gasteiger partial charge in [-0.25, -0.2) is 4.39 Å². The van der Waals surface area contributed by atoms with Crippen molar-refractivity contribution in [2.24, 2.45) is 0 Å². The van der Waals surface area contributed by atoms with Crippen LogP contribution in [0.3, 0.4) is 0 Å². The van der Waals surface area contributed by atoms with Crippen LogP contribution in [-0.4, -0.2) is 0 Å². The molecule has 0 saturated heterocycles. The molecule has 0 spiro atoms. The second-order valence-electron chi connectivity index (χ2n) is 3.69. The van der Waals surface area contributed by atoms with E-state index in [4.69, 9.17) is 11.6 Å². The average molecular weight is 393 g/mol. The fraction of sp³-hybridized carbons (Fsp3) is 0.0769. The molecule has 0 atom stereocenters. The molecule has 2 aromatic carbocycles. The van der Waals surface area contributed by atoms with Gasteiger partial charge in [-0.2, -0.15) is 0 Å². The number of halogens is 4. The molecule has 0 heterocycles. The SMILES string of the molecule is Fc1cccc(CNc2cc(Br)ccc2Cl)c1Br. The summed E-state index contributed by atoms with van der Waals surface area (Å²) in [7, 11) is 0. The van der Waals surface area contributed by atoms with Crippen molar-refractivity contribution in [2.75, 3.05) is 5.32 Å². The summed E-state index contributed by atoms with van der Waals surface area (Å²) in [5.74, 6) is -0.269. The van der Waals surface area contributed by atoms with Crippen molar-refractivity contribution in [2.45, 2.75) is 6.54 Å². The molecular formula is C13H9Br2ClFN. The molecule has 0 amide bonds. The number of rotatable bonds is 3. The molecule has 94 valence electrons. The number of benzene rings is 2. The van der Waals surface area contributed by atoms with Crippen molar-refractivity contribution in [3.05, 3.63) is 61.7 Å². The summed E-state index contributed by atoms with van der Waals surface area (Å²) in [6.07, 6.45) is 0. The van der Waals surface area contributed by atoms with Crippen LogP contribution >= 0.6 is 43.5 Å². The van der Waals surface area contributed by atoms with Crippen molar-refractivity contribution in [3.8, 4) is 0 Å². The first-order valence-corrected chi connectivity index (χ1v) is 7.16. The van der Waals surface area contributed by atoms with Gasteiger partial charge in [-0.05, 0) is 45.8 Å². The van der Waals surface area contributed by atoms with E-state index in [2.05, 4.69) is 37.2 Å². The van der Waals surface area contributed by atoms with Crippen LogP contribution in [0.15, 0.2) is 45.3 Å². The highest BCUT2D eigenvalue weighted by Gasteiger charge is 2.06. The molecule has 0 saturated carbocycles. The number of hydrogen-bond donors (Lipinski definition) is 1. The summed E-state index contributed by atoms with van der Waals surface area (Å²) in [5.41, 5.74) is 1.65. The van der Waals surface area contributed by atoms with Gasteiger partial charge < -0.3 is 5.32 Å². The molecule has 2 rings (SSSR count). The van der Waals surface area contributed by atoms with Gasteiger partial charge in [0.2, 0.25) is 0 Å². The summed E-state index contributed by atoms with van der Waals surface area (Å²) in [6, 6.07) is 10.5. The van der Waals surface area contributed by atoms with Crippen LogP contribution in [0.25, 0.3) is 0 Å². The summed E-state index contributed by atoms with van der Waals surface area (Å²) in [6.45, 7) is 0.495. The molecular weight excluding hydrogens is 384 g/mol. The lowest BCUT2D eigenvalue weighted by Gasteiger charge is -2.10. The zero-order valence-corrected chi connectivity index (χ0v) is 13.1. The van der Waals surface area contributed by atoms with Crippen molar-refractivity contribution < 1.29 is 4.39 Å². The summed E-state index contributed by atoms with van der Waals surface area (Å²) in [4.78, 5) is 0. The van der Waals surface area contributed by atoms with Crippen LogP contribution < -0.4 is 5.32 Å². The molecule has 1 N–H and O–H groups in total. The minimum Gasteiger partial charge on any atom is -0.380 e. The Morgan fingerprint density at radius 1 is 1.17 bits per heavy atom. The third-order valence-electron chi connectivity index (χ3n) is 2.43. The Morgan fingerprint density at radius 3 is 2.72 bits per heavy atom. The maximum absolute atomic E-state index is 13.3. The van der Waals surface area contributed by atoms with E-state index in [9.17, 15) is 4.39 Å². The third-order valence-corrected chi connectivity index (χ3v) is 4.14. The van der Waals surface area contributed by atoms with Crippen LogP contribution in [0.5, 0.6) is 0 Å². The fourth-order valence-corrected chi connectivity index (χ4v) is 2.46. The highest BCUT2D eigenvalue weighted by Crippen LogP contribution is 2.27. The van der Waals surface area contributed by atoms with Gasteiger partial charge in [0.15, 0.2) is 0 Å². The van der Waals surface area contributed by atoms with Gasteiger partial charge in [0, 0.05) is 11.0 Å². The first-order chi connectivity index (χ1) is 8.58. The monoisotopic (exact) mass is 391 g/mol. The molecule has 0 aliphatic rings. The Balaban J connectivity index is 2.16. The van der Waals surface area contributed by atoms with Gasteiger partial charge in [0.25, 0.3) is 0 Å². The lowest BCUT2D eigenvalue weighted by molar-refractivity contribution is 0.618. The molecule has 0 bridgehead atoms. The molecule has 0 aliphatic heterocycles. The molecule has 2 aromatic rings. The smallest absolute Gasteiger partial charge is 0.137 e. The highest BCUT2D eigenvalue weighted by atomic mass is 79.9. The van der Waals surface area contributed by atoms with Gasteiger partial charge in [-0.15, -0.1) is 0 Å². The van der Waals surface area contributed by atoms with Gasteiger partial charge in [-0.3, -0.25) is 0 Å². The maximum atomic E-state index is 13.3. The Hall–Kier alpha value is -0.580. The van der Waals surface area contributed by atoms with E-state index in [1.165, 1.54) is 6.07 Å². The first kappa shape index (κ1) is 13.8. The minimum atomic E-state index is -0.269. The van der Waals surface area contributed by atoms with Gasteiger partial charge >= 0.3 is 0 Å². The fourth-order valence-electron chi connectivity index (χ4n) is 1.51. The summed E-state index contributed by atoms with van der Waals surface area (Å²) >= 11 is 12.7. The van der Waals surface area contributed by atoms with E-state index in [0.717, 1.165) is 15.7 Å². The minimum absolute atomic E-state index is 0.269. The zero-order chi connectivity index (χ0) is 13.1. The molecule has 0 fully saturated rings. The Labute approximate surface area is 127 Å². The van der Waals surface area contributed by atoms with Crippen molar-refractivity contribution >= 4 is 49.1 Å². The largest absolute Gasteiger partial charge is 0.380 e. The number of hydrogen-bond acceptors (Lipinski definition) is 1. The third kappa shape index (κ3) is 3.25. The van der Waals surface area contributed by atoms with E-state index in [1.807, 2.05) is 18.2 Å². The number of anilines is 1. The van der Waals surface area contributed by atoms with E-state index in [0.29, 0.717) is 16.0 Å². The molecule has 0 aromatic heterocycles. The van der Waals surface area contributed by atoms with Crippen LogP contribution in [-0.2, 0) is 6.54 Å². The second kappa shape index (κ2) is 6.04. The second-order valence-corrected chi connectivity index (χ2v) is 5.81. The molecule has 0 unspecified atom stereocenters. The van der Waals surface area contributed by atoms with Crippen LogP contribution in [0.4, 0.5) is 10.1 Å². The van der Waals surface area contributed by atoms with E-state index >= 15 is 0 Å². The van der Waals surface area contributed by atoms with Crippen molar-refractivity contribution in [3.63, 3.8) is 0 Å². The summed E-state index contributed by atoms with van der Waals surface area (Å²) < 4.78 is 14.8. The van der Waals surface area contributed by atoms with Gasteiger partial charge in [0.1, 0.15) is 5.82 Å². The van der Waals surface area contributed by atoms with Crippen LogP contribution in [0.2, 0.25) is 5.02 Å². The average Bonchev–Trinajstić information content (AvgIpc) is 2.35. The predicted octanol–water partition coefficient (Wildman–Crippen LogP) is 5.62. The van der Waals surface area contributed by atoms with Gasteiger partial charge in [-0.1, -0.05) is 39.7 Å². The maximum Gasteiger partial charge on any atom is 0.137 e. The molecule has 1 nitrogen and oxygen atoms in total. The van der Waals surface area contributed by atoms with Crippen molar-refractivity contribution in [1.29, 1.82) is 0 Å². The predicted molar refractivity (Wildman–Crippen MR) is 80.6 cm³/mol. The highest BCUT2D eigenvalue weighted by molar-refractivity contribution is 9.10. The lowest BCUT2D eigenvalue weighted by Crippen LogP contribution is -2.01. The first-order valence-electron chi connectivity index (χ1n) is 5.20. The zero-order valence-electron chi connectivity index (χ0n) is 9.18. The summed E-state index contributed by atoms with van der Waals surface area (Å²) in [5, 5.41) is 3.81. The van der Waals surface area contributed by atoms with E-state index in [-0.39, 0.29) is 5.82 Å². The normalized spacial score (nSPS) is 10.4. The Bertz CT molecular complexity index is 573. The number of nitrogens with one attached hydrogen (secondary N) is 1. The quantitative estimate of drug-likeness (QED) is 0.714. The topological polar surface area (TPSA) is 12.0 Å². The Kier molecular flexibility index (Phi) is 4.65. The van der Waals surface area contributed by atoms with Crippen LogP contribution in [0.1, 0.15) is 5.56 Å². The Morgan fingerprint density at radius 2 is 1.94 bits per heavy atom.